The highest BCUT2D eigenvalue weighted by molar-refractivity contribution is 5.96. The predicted molar refractivity (Wildman–Crippen MR) is 110 cm³/mol. The quantitative estimate of drug-likeness (QED) is 0.500. The average Bonchev–Trinajstić information content (AvgIpc) is 3.46. The molecule has 4 rings (SSSR count). The fourth-order valence-electron chi connectivity index (χ4n) is 2.85. The summed E-state index contributed by atoms with van der Waals surface area (Å²) in [6.07, 6.45) is 0.669. The fraction of sp³-hybridized carbons (Fsp3) is 0.0909. The van der Waals surface area contributed by atoms with Crippen LogP contribution >= 0.6 is 0 Å². The normalized spacial score (nSPS) is 10.6. The van der Waals surface area contributed by atoms with Gasteiger partial charge in [0.2, 0.25) is 5.82 Å². The van der Waals surface area contributed by atoms with Gasteiger partial charge in [0, 0.05) is 12.0 Å². The Bertz CT molecular complexity index is 1110. The van der Waals surface area contributed by atoms with E-state index in [1.807, 2.05) is 67.6 Å². The maximum atomic E-state index is 12.6. The first-order valence-electron chi connectivity index (χ1n) is 9.43. The van der Waals surface area contributed by atoms with Gasteiger partial charge in [-0.1, -0.05) is 55.5 Å². The van der Waals surface area contributed by atoms with E-state index in [-0.39, 0.29) is 11.6 Å². The van der Waals surface area contributed by atoms with Crippen LogP contribution in [0.5, 0.6) is 0 Å². The number of aryl methyl sites for hydroxylation is 1. The van der Waals surface area contributed by atoms with Crippen LogP contribution in [-0.4, -0.2) is 26.6 Å². The van der Waals surface area contributed by atoms with E-state index >= 15 is 0 Å². The highest BCUT2D eigenvalue weighted by atomic mass is 16.4. The molecule has 0 unspecified atom stereocenters. The van der Waals surface area contributed by atoms with Gasteiger partial charge in [-0.2, -0.15) is 0 Å². The molecular weight excluding hydrogens is 382 g/mol. The molecule has 0 radical (unpaired) electrons. The third kappa shape index (κ3) is 3.97. The lowest BCUT2D eigenvalue weighted by Crippen LogP contribution is -2.42. The van der Waals surface area contributed by atoms with Crippen LogP contribution in [-0.2, 0) is 6.42 Å². The summed E-state index contributed by atoms with van der Waals surface area (Å²) >= 11 is 0. The lowest BCUT2D eigenvalue weighted by atomic mass is 10.2. The molecule has 2 amide bonds. The Labute approximate surface area is 172 Å². The summed E-state index contributed by atoms with van der Waals surface area (Å²) in [7, 11) is 0. The van der Waals surface area contributed by atoms with E-state index in [4.69, 9.17) is 4.42 Å². The van der Waals surface area contributed by atoms with E-state index in [0.29, 0.717) is 18.0 Å². The molecule has 0 atom stereocenters. The number of carbonyl (C=O) groups excluding carboxylic acids is 2. The van der Waals surface area contributed by atoms with Gasteiger partial charge in [-0.3, -0.25) is 20.4 Å². The minimum absolute atomic E-state index is 0.0771. The van der Waals surface area contributed by atoms with Gasteiger partial charge in [0.1, 0.15) is 5.76 Å². The van der Waals surface area contributed by atoms with E-state index in [9.17, 15) is 9.59 Å². The van der Waals surface area contributed by atoms with Gasteiger partial charge in [0.25, 0.3) is 0 Å². The van der Waals surface area contributed by atoms with Crippen molar-refractivity contribution in [2.24, 2.45) is 0 Å². The number of nitrogens with zero attached hydrogens (tertiary/aromatic N) is 3. The van der Waals surface area contributed by atoms with Crippen LogP contribution < -0.4 is 10.9 Å². The standard InChI is InChI=1S/C22H19N5O3/c1-2-17-13-14-18(30-17)21(28)24-25-22(29)19-23-20(15-9-5-3-6-10-15)27(26-19)16-11-7-4-8-12-16/h3-14H,2H2,1H3,(H,24,28)(H,25,29). The largest absolute Gasteiger partial charge is 0.456 e. The second kappa shape index (κ2) is 8.44. The summed E-state index contributed by atoms with van der Waals surface area (Å²) in [5.41, 5.74) is 6.22. The number of amides is 2. The van der Waals surface area contributed by atoms with Crippen molar-refractivity contribution in [1.82, 2.24) is 25.6 Å². The molecule has 2 aromatic carbocycles. The number of nitrogens with one attached hydrogen (secondary N) is 2. The lowest BCUT2D eigenvalue weighted by Gasteiger charge is -2.05. The summed E-state index contributed by atoms with van der Waals surface area (Å²) < 4.78 is 6.96. The minimum Gasteiger partial charge on any atom is -0.456 e. The molecule has 0 aliphatic rings. The summed E-state index contributed by atoms with van der Waals surface area (Å²) in [6, 6.07) is 22.1. The molecule has 0 spiro atoms. The third-order valence-electron chi connectivity index (χ3n) is 4.37. The van der Waals surface area contributed by atoms with Crippen molar-refractivity contribution in [2.75, 3.05) is 0 Å². The van der Waals surface area contributed by atoms with Crippen LogP contribution in [0.1, 0.15) is 33.9 Å². The van der Waals surface area contributed by atoms with Crippen LogP contribution in [0.25, 0.3) is 17.1 Å². The number of hydrazine groups is 1. The number of aromatic nitrogens is 3. The van der Waals surface area contributed by atoms with Crippen molar-refractivity contribution in [2.45, 2.75) is 13.3 Å². The van der Waals surface area contributed by atoms with Crippen molar-refractivity contribution in [3.63, 3.8) is 0 Å². The van der Waals surface area contributed by atoms with Crippen molar-refractivity contribution in [3.05, 3.63) is 90.1 Å². The number of benzene rings is 2. The summed E-state index contributed by atoms with van der Waals surface area (Å²) in [4.78, 5) is 29.1. The predicted octanol–water partition coefficient (Wildman–Crippen LogP) is 3.16. The first-order valence-corrected chi connectivity index (χ1v) is 9.43. The van der Waals surface area contributed by atoms with E-state index in [1.54, 1.807) is 16.8 Å². The van der Waals surface area contributed by atoms with Gasteiger partial charge >= 0.3 is 11.8 Å². The maximum absolute atomic E-state index is 12.6. The fourth-order valence-corrected chi connectivity index (χ4v) is 2.85. The number of rotatable bonds is 5. The van der Waals surface area contributed by atoms with Crippen LogP contribution in [0.3, 0.4) is 0 Å². The van der Waals surface area contributed by atoms with Crippen LogP contribution in [0.2, 0.25) is 0 Å². The highest BCUT2D eigenvalue weighted by Gasteiger charge is 2.20. The minimum atomic E-state index is -0.641. The monoisotopic (exact) mass is 401 g/mol. The molecule has 8 heteroatoms. The molecule has 2 N–H and O–H groups in total. The number of para-hydroxylation sites is 1. The first-order chi connectivity index (χ1) is 14.7. The number of hydrogen-bond donors (Lipinski definition) is 2. The van der Waals surface area contributed by atoms with E-state index < -0.39 is 11.8 Å². The Kier molecular flexibility index (Phi) is 5.38. The highest BCUT2D eigenvalue weighted by Crippen LogP contribution is 2.20. The molecular formula is C22H19N5O3. The number of hydrogen-bond acceptors (Lipinski definition) is 5. The van der Waals surface area contributed by atoms with Gasteiger partial charge < -0.3 is 4.42 Å². The summed E-state index contributed by atoms with van der Waals surface area (Å²) in [5, 5.41) is 4.34. The maximum Gasteiger partial charge on any atom is 0.309 e. The average molecular weight is 401 g/mol. The van der Waals surface area contributed by atoms with Gasteiger partial charge in [0.05, 0.1) is 5.69 Å². The molecule has 0 bridgehead atoms. The molecule has 2 heterocycles. The number of carbonyl (C=O) groups is 2. The Morgan fingerprint density at radius 1 is 0.900 bits per heavy atom. The Morgan fingerprint density at radius 3 is 2.23 bits per heavy atom. The Morgan fingerprint density at radius 2 is 1.57 bits per heavy atom. The summed E-state index contributed by atoms with van der Waals surface area (Å²) in [6.45, 7) is 1.92. The molecule has 0 aliphatic carbocycles. The lowest BCUT2D eigenvalue weighted by molar-refractivity contribution is 0.0825. The van der Waals surface area contributed by atoms with Gasteiger partial charge in [-0.05, 0) is 24.3 Å². The molecule has 8 nitrogen and oxygen atoms in total. The smallest absolute Gasteiger partial charge is 0.309 e. The Hall–Kier alpha value is -4.20. The van der Waals surface area contributed by atoms with Crippen LogP contribution in [0.15, 0.2) is 77.2 Å². The molecule has 30 heavy (non-hydrogen) atoms. The van der Waals surface area contributed by atoms with Crippen molar-refractivity contribution >= 4 is 11.8 Å². The number of furan rings is 1. The van der Waals surface area contributed by atoms with Crippen LogP contribution in [0, 0.1) is 0 Å². The molecule has 0 aliphatic heterocycles. The topological polar surface area (TPSA) is 102 Å². The van der Waals surface area contributed by atoms with E-state index in [2.05, 4.69) is 20.9 Å². The zero-order valence-electron chi connectivity index (χ0n) is 16.2. The Balaban J connectivity index is 1.57. The van der Waals surface area contributed by atoms with Crippen LogP contribution in [0.4, 0.5) is 0 Å². The van der Waals surface area contributed by atoms with E-state index in [0.717, 1.165) is 11.3 Å². The second-order valence-corrected chi connectivity index (χ2v) is 6.40. The molecule has 0 saturated heterocycles. The van der Waals surface area contributed by atoms with Gasteiger partial charge in [-0.15, -0.1) is 5.10 Å². The molecule has 150 valence electrons. The van der Waals surface area contributed by atoms with Crippen molar-refractivity contribution < 1.29 is 14.0 Å². The zero-order valence-corrected chi connectivity index (χ0v) is 16.2. The third-order valence-corrected chi connectivity index (χ3v) is 4.37. The van der Waals surface area contributed by atoms with Gasteiger partial charge in [-0.25, -0.2) is 9.67 Å². The molecule has 2 aromatic heterocycles. The molecule has 0 saturated carbocycles. The SMILES string of the molecule is CCc1ccc(C(=O)NNC(=O)c2nc(-c3ccccc3)n(-c3ccccc3)n2)o1. The summed E-state index contributed by atoms with van der Waals surface area (Å²) in [5.74, 6) is 0.0251. The second-order valence-electron chi connectivity index (χ2n) is 6.40. The molecule has 4 aromatic rings. The zero-order chi connectivity index (χ0) is 20.9. The van der Waals surface area contributed by atoms with Crippen molar-refractivity contribution in [3.8, 4) is 17.1 Å². The first kappa shape index (κ1) is 19.1. The molecule has 0 fully saturated rings. The van der Waals surface area contributed by atoms with Crippen molar-refractivity contribution in [1.29, 1.82) is 0 Å². The van der Waals surface area contributed by atoms with E-state index in [1.165, 1.54) is 0 Å². The van der Waals surface area contributed by atoms with Gasteiger partial charge in [0.15, 0.2) is 11.6 Å².